The van der Waals surface area contributed by atoms with E-state index >= 15 is 0 Å². The van der Waals surface area contributed by atoms with Gasteiger partial charge in [0.1, 0.15) is 23.9 Å². The van der Waals surface area contributed by atoms with Crippen molar-refractivity contribution in [1.29, 1.82) is 0 Å². The van der Waals surface area contributed by atoms with Crippen molar-refractivity contribution in [2.75, 3.05) is 0 Å². The highest BCUT2D eigenvalue weighted by atomic mass is 16.5. The van der Waals surface area contributed by atoms with E-state index in [4.69, 9.17) is 9.47 Å². The number of rotatable bonds is 8. The fourth-order valence-corrected chi connectivity index (χ4v) is 5.69. The second-order valence-electron chi connectivity index (χ2n) is 11.8. The topological polar surface area (TPSA) is 38.7 Å². The van der Waals surface area contributed by atoms with Gasteiger partial charge in [0.2, 0.25) is 0 Å². The zero-order valence-corrected chi connectivity index (χ0v) is 24.7. The minimum atomic E-state index is 0.0283. The van der Waals surface area contributed by atoms with Gasteiger partial charge in [-0.15, -0.1) is 0 Å². The van der Waals surface area contributed by atoms with Crippen molar-refractivity contribution < 1.29 is 14.6 Å². The molecule has 1 unspecified atom stereocenters. The molecule has 4 rings (SSSR count). The molecular formula is C36H42O3. The summed E-state index contributed by atoms with van der Waals surface area (Å²) in [6, 6.07) is 24.7. The Kier molecular flexibility index (Phi) is 8.51. The minimum Gasteiger partial charge on any atom is -0.488 e. The van der Waals surface area contributed by atoms with Gasteiger partial charge in [-0.3, -0.25) is 0 Å². The summed E-state index contributed by atoms with van der Waals surface area (Å²) in [5, 5.41) is 9.20. The Morgan fingerprint density at radius 1 is 0.667 bits per heavy atom. The lowest BCUT2D eigenvalue weighted by Gasteiger charge is -2.26. The molecule has 0 aliphatic carbocycles. The van der Waals surface area contributed by atoms with Gasteiger partial charge < -0.3 is 14.6 Å². The molecule has 0 saturated heterocycles. The van der Waals surface area contributed by atoms with Gasteiger partial charge in [-0.1, -0.05) is 76.2 Å². The third kappa shape index (κ3) is 6.72. The standard InChI is InChI=1S/C36H42O3/c1-23-17-30(18-24(2)34(23)36(6,7)8)27(5)31-19-25(3)35(26(4)20-31)38-22-29-11-15-33(16-12-29)39-32-13-9-28(21-37)10-14-32/h9-20,27,37H,21-22H2,1-8H3. The molecule has 0 amide bonds. The number of hydrogen-bond donors (Lipinski definition) is 1. The Bertz CT molecular complexity index is 1380. The van der Waals surface area contributed by atoms with Crippen molar-refractivity contribution in [3.05, 3.63) is 123 Å². The Labute approximate surface area is 234 Å². The predicted octanol–water partition coefficient (Wildman–Crippen LogP) is 9.23. The van der Waals surface area contributed by atoms with E-state index in [2.05, 4.69) is 79.7 Å². The lowest BCUT2D eigenvalue weighted by molar-refractivity contribution is 0.281. The van der Waals surface area contributed by atoms with Crippen LogP contribution in [0.2, 0.25) is 0 Å². The quantitative estimate of drug-likeness (QED) is 0.251. The van der Waals surface area contributed by atoms with E-state index in [9.17, 15) is 5.11 Å². The summed E-state index contributed by atoms with van der Waals surface area (Å²) in [6.07, 6.45) is 0. The molecule has 0 radical (unpaired) electrons. The van der Waals surface area contributed by atoms with Crippen molar-refractivity contribution in [1.82, 2.24) is 0 Å². The van der Waals surface area contributed by atoms with Gasteiger partial charge in [-0.2, -0.15) is 0 Å². The molecule has 1 N–H and O–H groups in total. The minimum absolute atomic E-state index is 0.0283. The summed E-state index contributed by atoms with van der Waals surface area (Å²) in [7, 11) is 0. The Hall–Kier alpha value is -3.56. The van der Waals surface area contributed by atoms with Crippen LogP contribution in [-0.4, -0.2) is 5.11 Å². The molecule has 1 atom stereocenters. The van der Waals surface area contributed by atoms with E-state index in [-0.39, 0.29) is 12.0 Å². The van der Waals surface area contributed by atoms with Gasteiger partial charge >= 0.3 is 0 Å². The van der Waals surface area contributed by atoms with Gasteiger partial charge in [0.15, 0.2) is 0 Å². The SMILES string of the molecule is Cc1cc(C(C)c2cc(C)c(C(C)(C)C)c(C)c2)cc(C)c1OCc1ccc(Oc2ccc(CO)cc2)cc1. The zero-order valence-electron chi connectivity index (χ0n) is 24.7. The molecule has 0 saturated carbocycles. The smallest absolute Gasteiger partial charge is 0.127 e. The highest BCUT2D eigenvalue weighted by molar-refractivity contribution is 5.49. The molecule has 0 aliphatic rings. The highest BCUT2D eigenvalue weighted by Crippen LogP contribution is 2.36. The van der Waals surface area contributed by atoms with Gasteiger partial charge in [-0.05, 0) is 107 Å². The average Bonchev–Trinajstić information content (AvgIpc) is 2.87. The van der Waals surface area contributed by atoms with Gasteiger partial charge in [0.05, 0.1) is 6.61 Å². The molecule has 3 nitrogen and oxygen atoms in total. The van der Waals surface area contributed by atoms with Crippen LogP contribution in [0.3, 0.4) is 0 Å². The molecule has 0 heterocycles. The fourth-order valence-electron chi connectivity index (χ4n) is 5.69. The average molecular weight is 523 g/mol. The Morgan fingerprint density at radius 3 is 1.54 bits per heavy atom. The van der Waals surface area contributed by atoms with E-state index in [1.54, 1.807) is 0 Å². The summed E-state index contributed by atoms with van der Waals surface area (Å²) in [4.78, 5) is 0. The highest BCUT2D eigenvalue weighted by Gasteiger charge is 2.21. The number of aliphatic hydroxyl groups is 1. The third-order valence-electron chi connectivity index (χ3n) is 7.44. The van der Waals surface area contributed by atoms with Gasteiger partial charge in [-0.25, -0.2) is 0 Å². The fraction of sp³-hybridized carbons (Fsp3) is 0.333. The molecule has 3 heteroatoms. The van der Waals surface area contributed by atoms with Crippen LogP contribution in [-0.2, 0) is 18.6 Å². The number of aryl methyl sites for hydroxylation is 4. The van der Waals surface area contributed by atoms with Gasteiger partial charge in [0, 0.05) is 5.92 Å². The predicted molar refractivity (Wildman–Crippen MR) is 161 cm³/mol. The number of ether oxygens (including phenoxy) is 2. The van der Waals surface area contributed by atoms with Crippen molar-refractivity contribution in [3.8, 4) is 17.2 Å². The summed E-state index contributed by atoms with van der Waals surface area (Å²) in [6.45, 7) is 18.4. The lowest BCUT2D eigenvalue weighted by atomic mass is 9.79. The molecule has 0 bridgehead atoms. The van der Waals surface area contributed by atoms with Crippen LogP contribution in [0.4, 0.5) is 0 Å². The molecule has 39 heavy (non-hydrogen) atoms. The van der Waals surface area contributed by atoms with E-state index in [0.717, 1.165) is 39.5 Å². The van der Waals surface area contributed by atoms with Crippen LogP contribution in [0.15, 0.2) is 72.8 Å². The van der Waals surface area contributed by atoms with Crippen LogP contribution in [0.5, 0.6) is 17.2 Å². The van der Waals surface area contributed by atoms with Crippen LogP contribution in [0.25, 0.3) is 0 Å². The van der Waals surface area contributed by atoms with Gasteiger partial charge in [0.25, 0.3) is 0 Å². The monoisotopic (exact) mass is 522 g/mol. The molecule has 0 fully saturated rings. The zero-order chi connectivity index (χ0) is 28.3. The van der Waals surface area contributed by atoms with Crippen molar-refractivity contribution in [3.63, 3.8) is 0 Å². The maximum Gasteiger partial charge on any atom is 0.127 e. The largest absolute Gasteiger partial charge is 0.488 e. The molecule has 0 aromatic heterocycles. The first-order valence-electron chi connectivity index (χ1n) is 13.8. The summed E-state index contributed by atoms with van der Waals surface area (Å²) >= 11 is 0. The van der Waals surface area contributed by atoms with Crippen LogP contribution >= 0.6 is 0 Å². The summed E-state index contributed by atoms with van der Waals surface area (Å²) < 4.78 is 12.2. The van der Waals surface area contributed by atoms with Crippen LogP contribution in [0, 0.1) is 27.7 Å². The van der Waals surface area contributed by atoms with E-state index in [0.29, 0.717) is 12.5 Å². The maximum atomic E-state index is 9.20. The number of aliphatic hydroxyl groups excluding tert-OH is 1. The molecule has 0 aliphatic heterocycles. The number of hydrogen-bond acceptors (Lipinski definition) is 3. The summed E-state index contributed by atoms with van der Waals surface area (Å²) in [5.41, 5.74) is 11.3. The summed E-state index contributed by atoms with van der Waals surface area (Å²) in [5.74, 6) is 2.76. The normalized spacial score (nSPS) is 12.3. The first-order chi connectivity index (χ1) is 18.5. The first kappa shape index (κ1) is 28.4. The third-order valence-corrected chi connectivity index (χ3v) is 7.44. The molecule has 4 aromatic rings. The second kappa shape index (κ2) is 11.7. The first-order valence-corrected chi connectivity index (χ1v) is 13.8. The van der Waals surface area contributed by atoms with E-state index in [1.807, 2.05) is 48.5 Å². The maximum absolute atomic E-state index is 9.20. The van der Waals surface area contributed by atoms with Crippen molar-refractivity contribution in [2.24, 2.45) is 0 Å². The van der Waals surface area contributed by atoms with Crippen molar-refractivity contribution >= 4 is 0 Å². The van der Waals surface area contributed by atoms with E-state index < -0.39 is 0 Å². The van der Waals surface area contributed by atoms with Crippen LogP contribution < -0.4 is 9.47 Å². The Morgan fingerprint density at radius 2 is 1.10 bits per heavy atom. The molecular weight excluding hydrogens is 480 g/mol. The molecule has 4 aromatic carbocycles. The number of benzene rings is 4. The molecule has 0 spiro atoms. The molecule has 204 valence electrons. The van der Waals surface area contributed by atoms with Crippen LogP contribution in [0.1, 0.15) is 83.7 Å². The Balaban J connectivity index is 1.44. The van der Waals surface area contributed by atoms with Crippen molar-refractivity contribution in [2.45, 2.75) is 79.9 Å². The van der Waals surface area contributed by atoms with E-state index in [1.165, 1.54) is 27.8 Å². The second-order valence-corrected chi connectivity index (χ2v) is 11.8. The lowest BCUT2D eigenvalue weighted by Crippen LogP contribution is -2.16.